The maximum absolute atomic E-state index is 10.1. The van der Waals surface area contributed by atoms with E-state index in [1.165, 1.54) is 6.07 Å². The van der Waals surface area contributed by atoms with E-state index in [2.05, 4.69) is 9.82 Å². The molecule has 1 aromatic heterocycles. The maximum atomic E-state index is 10.1. The van der Waals surface area contributed by atoms with E-state index in [0.717, 1.165) is 10.9 Å². The molecule has 14 heavy (non-hydrogen) atoms. The lowest BCUT2D eigenvalue weighted by Gasteiger charge is -2.01. The maximum Gasteiger partial charge on any atom is 0.299 e. The van der Waals surface area contributed by atoms with Crippen molar-refractivity contribution in [3.63, 3.8) is 0 Å². The molecule has 6 heteroatoms. The quantitative estimate of drug-likeness (QED) is 0.614. The highest BCUT2D eigenvalue weighted by Crippen LogP contribution is 2.29. The van der Waals surface area contributed by atoms with Crippen molar-refractivity contribution in [1.29, 1.82) is 0 Å². The molecule has 0 saturated heterocycles. The SMILES string of the molecule is O=[N+]([O-])Oc1cc2cc[nH]c2cc1Cl. The lowest BCUT2D eigenvalue weighted by molar-refractivity contribution is -0.711. The van der Waals surface area contributed by atoms with E-state index in [1.54, 1.807) is 18.3 Å². The molecule has 0 radical (unpaired) electrons. The van der Waals surface area contributed by atoms with Gasteiger partial charge < -0.3 is 4.98 Å². The number of hydrogen-bond donors (Lipinski definition) is 1. The summed E-state index contributed by atoms with van der Waals surface area (Å²) in [4.78, 5) is 17.3. The van der Waals surface area contributed by atoms with E-state index in [4.69, 9.17) is 11.6 Å². The van der Waals surface area contributed by atoms with Gasteiger partial charge in [0.25, 0.3) is 5.09 Å². The van der Waals surface area contributed by atoms with E-state index in [0.29, 0.717) is 0 Å². The van der Waals surface area contributed by atoms with Gasteiger partial charge in [-0.3, -0.25) is 4.84 Å². The fraction of sp³-hybridized carbons (Fsp3) is 0. The summed E-state index contributed by atoms with van der Waals surface area (Å²) in [6.45, 7) is 0. The predicted octanol–water partition coefficient (Wildman–Crippen LogP) is 2.39. The van der Waals surface area contributed by atoms with Crippen LogP contribution in [0, 0.1) is 10.1 Å². The average Bonchev–Trinajstić information content (AvgIpc) is 2.51. The Morgan fingerprint density at radius 3 is 3.00 bits per heavy atom. The molecule has 1 N–H and O–H groups in total. The third kappa shape index (κ3) is 1.49. The molecule has 5 nitrogen and oxygen atoms in total. The lowest BCUT2D eigenvalue weighted by Crippen LogP contribution is -2.03. The molecular weight excluding hydrogens is 208 g/mol. The number of rotatable bonds is 2. The van der Waals surface area contributed by atoms with Gasteiger partial charge in [-0.15, -0.1) is 10.1 Å². The summed E-state index contributed by atoms with van der Waals surface area (Å²) < 4.78 is 0. The number of halogens is 1. The number of H-pyrrole nitrogens is 1. The topological polar surface area (TPSA) is 68.2 Å². The number of hydrogen-bond acceptors (Lipinski definition) is 3. The number of nitrogens with one attached hydrogen (secondary N) is 1. The lowest BCUT2D eigenvalue weighted by atomic mass is 10.2. The van der Waals surface area contributed by atoms with E-state index < -0.39 is 5.09 Å². The van der Waals surface area contributed by atoms with Crippen LogP contribution in [-0.2, 0) is 0 Å². The fourth-order valence-electron chi connectivity index (χ4n) is 1.20. The average molecular weight is 213 g/mol. The van der Waals surface area contributed by atoms with E-state index in [-0.39, 0.29) is 10.8 Å². The van der Waals surface area contributed by atoms with Gasteiger partial charge in [0, 0.05) is 17.1 Å². The van der Waals surface area contributed by atoms with Crippen molar-refractivity contribution in [2.24, 2.45) is 0 Å². The molecule has 0 spiro atoms. The summed E-state index contributed by atoms with van der Waals surface area (Å²) in [5, 5.41) is 10.2. The number of benzene rings is 1. The number of nitrogens with zero attached hydrogens (tertiary/aromatic N) is 1. The molecule has 2 rings (SSSR count). The van der Waals surface area contributed by atoms with E-state index >= 15 is 0 Å². The van der Waals surface area contributed by atoms with Crippen LogP contribution in [0.15, 0.2) is 24.4 Å². The fourth-order valence-corrected chi connectivity index (χ4v) is 1.40. The van der Waals surface area contributed by atoms with Gasteiger partial charge >= 0.3 is 0 Å². The van der Waals surface area contributed by atoms with Gasteiger partial charge in [0.05, 0.1) is 5.02 Å². The van der Waals surface area contributed by atoms with Crippen molar-refractivity contribution < 1.29 is 9.92 Å². The Balaban J connectivity index is 2.53. The highest BCUT2D eigenvalue weighted by molar-refractivity contribution is 6.32. The van der Waals surface area contributed by atoms with E-state index in [9.17, 15) is 10.1 Å². The Hall–Kier alpha value is -1.75. The second kappa shape index (κ2) is 3.19. The van der Waals surface area contributed by atoms with Crippen LogP contribution in [-0.4, -0.2) is 10.1 Å². The van der Waals surface area contributed by atoms with Crippen molar-refractivity contribution in [3.05, 3.63) is 39.5 Å². The molecule has 0 aliphatic carbocycles. The van der Waals surface area contributed by atoms with Gasteiger partial charge in [-0.2, -0.15) is 0 Å². The van der Waals surface area contributed by atoms with Gasteiger partial charge in [-0.25, -0.2) is 0 Å². The highest BCUT2D eigenvalue weighted by atomic mass is 35.5. The van der Waals surface area contributed by atoms with Gasteiger partial charge in [0.1, 0.15) is 5.75 Å². The minimum Gasteiger partial charge on any atom is -0.361 e. The molecule has 0 fully saturated rings. The van der Waals surface area contributed by atoms with E-state index in [1.807, 2.05) is 0 Å². The van der Waals surface area contributed by atoms with Crippen LogP contribution in [0.25, 0.3) is 10.9 Å². The van der Waals surface area contributed by atoms with Crippen molar-refractivity contribution in [1.82, 2.24) is 4.98 Å². The first-order valence-electron chi connectivity index (χ1n) is 3.76. The van der Waals surface area contributed by atoms with Crippen LogP contribution < -0.4 is 4.84 Å². The van der Waals surface area contributed by atoms with Crippen molar-refractivity contribution >= 4 is 22.5 Å². The van der Waals surface area contributed by atoms with Crippen LogP contribution in [0.3, 0.4) is 0 Å². The van der Waals surface area contributed by atoms with Crippen LogP contribution in [0.5, 0.6) is 5.75 Å². The normalized spacial score (nSPS) is 10.4. The smallest absolute Gasteiger partial charge is 0.299 e. The minimum absolute atomic E-state index is 0.0452. The molecule has 0 aliphatic heterocycles. The summed E-state index contributed by atoms with van der Waals surface area (Å²) >= 11 is 5.75. The van der Waals surface area contributed by atoms with Crippen molar-refractivity contribution in [2.45, 2.75) is 0 Å². The minimum atomic E-state index is -0.889. The molecule has 0 saturated carbocycles. The summed E-state index contributed by atoms with van der Waals surface area (Å²) in [7, 11) is 0. The third-order valence-corrected chi connectivity index (χ3v) is 2.07. The van der Waals surface area contributed by atoms with Gasteiger partial charge in [-0.05, 0) is 18.2 Å². The Morgan fingerprint density at radius 2 is 2.29 bits per heavy atom. The first kappa shape index (κ1) is 8.83. The Morgan fingerprint density at radius 1 is 1.50 bits per heavy atom. The third-order valence-electron chi connectivity index (χ3n) is 1.78. The molecule has 72 valence electrons. The zero-order valence-electron chi connectivity index (χ0n) is 6.86. The second-order valence-corrected chi connectivity index (χ2v) is 3.07. The largest absolute Gasteiger partial charge is 0.361 e. The molecule has 2 aromatic rings. The Labute approximate surface area is 83.3 Å². The summed E-state index contributed by atoms with van der Waals surface area (Å²) in [5.41, 5.74) is 0.811. The molecule has 0 atom stereocenters. The van der Waals surface area contributed by atoms with Gasteiger partial charge in [0.2, 0.25) is 0 Å². The zero-order valence-corrected chi connectivity index (χ0v) is 7.62. The molecule has 0 unspecified atom stereocenters. The molecule has 0 amide bonds. The van der Waals surface area contributed by atoms with Gasteiger partial charge in [0.15, 0.2) is 0 Å². The summed E-state index contributed by atoms with van der Waals surface area (Å²) in [6.07, 6.45) is 1.72. The van der Waals surface area contributed by atoms with Gasteiger partial charge in [-0.1, -0.05) is 11.6 Å². The number of aromatic amines is 1. The first-order chi connectivity index (χ1) is 6.66. The zero-order chi connectivity index (χ0) is 10.1. The van der Waals surface area contributed by atoms with Crippen LogP contribution in [0.4, 0.5) is 0 Å². The molecule has 0 bridgehead atoms. The van der Waals surface area contributed by atoms with Crippen LogP contribution in [0.2, 0.25) is 5.02 Å². The van der Waals surface area contributed by atoms with Crippen molar-refractivity contribution in [3.8, 4) is 5.75 Å². The second-order valence-electron chi connectivity index (χ2n) is 2.66. The van der Waals surface area contributed by atoms with Crippen LogP contribution >= 0.6 is 11.6 Å². The first-order valence-corrected chi connectivity index (χ1v) is 4.13. The van der Waals surface area contributed by atoms with Crippen LogP contribution in [0.1, 0.15) is 0 Å². The number of fused-ring (bicyclic) bond motifs is 1. The standard InChI is InChI=1S/C8H5ClN2O3/c9-6-4-7-5(1-2-10-7)3-8(6)14-11(12)13/h1-4,10H. The Kier molecular flexibility index (Phi) is 2.01. The van der Waals surface area contributed by atoms with Crippen molar-refractivity contribution in [2.75, 3.05) is 0 Å². The predicted molar refractivity (Wildman–Crippen MR) is 50.9 cm³/mol. The molecule has 1 aromatic carbocycles. The molecule has 0 aliphatic rings. The monoisotopic (exact) mass is 212 g/mol. The Bertz CT molecular complexity index is 494. The summed E-state index contributed by atoms with van der Waals surface area (Å²) in [6, 6.07) is 4.87. The molecule has 1 heterocycles. The molecular formula is C8H5ClN2O3. The number of aromatic nitrogens is 1. The highest BCUT2D eigenvalue weighted by Gasteiger charge is 2.07. The summed E-state index contributed by atoms with van der Waals surface area (Å²) in [5.74, 6) is 0.0452.